The highest BCUT2D eigenvalue weighted by Crippen LogP contribution is 2.20. The van der Waals surface area contributed by atoms with Crippen molar-refractivity contribution in [2.45, 2.75) is 43.4 Å². The second-order valence-corrected chi connectivity index (χ2v) is 7.19. The van der Waals surface area contributed by atoms with Crippen molar-refractivity contribution in [1.29, 1.82) is 0 Å². The molecule has 2 N–H and O–H groups in total. The van der Waals surface area contributed by atoms with Gasteiger partial charge in [-0.05, 0) is 25.7 Å². The summed E-state index contributed by atoms with van der Waals surface area (Å²) in [5.41, 5.74) is 0. The van der Waals surface area contributed by atoms with Crippen LogP contribution in [-0.2, 0) is 24.2 Å². The molecule has 1 saturated heterocycles. The summed E-state index contributed by atoms with van der Waals surface area (Å²) in [7, 11) is -1.95. The van der Waals surface area contributed by atoms with Gasteiger partial charge in [0.05, 0.1) is 5.75 Å². The summed E-state index contributed by atoms with van der Waals surface area (Å²) < 4.78 is 28.4. The van der Waals surface area contributed by atoms with Gasteiger partial charge in [0.25, 0.3) is 0 Å². The van der Waals surface area contributed by atoms with Crippen molar-refractivity contribution in [2.75, 3.05) is 19.5 Å². The molecule has 0 radical (unpaired) electrons. The Morgan fingerprint density at radius 3 is 2.65 bits per heavy atom. The van der Waals surface area contributed by atoms with E-state index in [1.54, 1.807) is 0 Å². The SMILES string of the molecule is COCCCC(NC(=O)C1CCCCS1(=O)=O)C(=O)O. The molecule has 1 rings (SSSR count). The predicted molar refractivity (Wildman–Crippen MR) is 72.1 cm³/mol. The Labute approximate surface area is 118 Å². The third-order valence-corrected chi connectivity index (χ3v) is 5.50. The number of carbonyl (C=O) groups is 2. The van der Waals surface area contributed by atoms with Gasteiger partial charge < -0.3 is 15.2 Å². The molecule has 1 aliphatic rings. The Kier molecular flexibility index (Phi) is 6.41. The first-order valence-electron chi connectivity index (χ1n) is 6.62. The molecule has 0 aromatic heterocycles. The highest BCUT2D eigenvalue weighted by atomic mass is 32.2. The zero-order chi connectivity index (χ0) is 15.2. The number of amides is 1. The van der Waals surface area contributed by atoms with Crippen LogP contribution in [0.2, 0.25) is 0 Å². The monoisotopic (exact) mass is 307 g/mol. The molecule has 0 aliphatic carbocycles. The number of aliphatic carboxylic acids is 1. The van der Waals surface area contributed by atoms with Crippen LogP contribution in [0.5, 0.6) is 0 Å². The summed E-state index contributed by atoms with van der Waals surface area (Å²) in [6, 6.07) is -1.07. The standard InChI is InChI=1S/C12H21NO6S/c1-19-7-4-5-9(12(15)16)13-11(14)10-6-2-3-8-20(10,17)18/h9-10H,2-8H2,1H3,(H,13,14)(H,15,16). The van der Waals surface area contributed by atoms with Gasteiger partial charge >= 0.3 is 5.97 Å². The molecule has 1 aliphatic heterocycles. The van der Waals surface area contributed by atoms with E-state index in [0.29, 0.717) is 25.9 Å². The van der Waals surface area contributed by atoms with E-state index in [-0.39, 0.29) is 18.6 Å². The molecule has 0 aromatic carbocycles. The normalized spacial score (nSPS) is 22.9. The third kappa shape index (κ3) is 4.75. The van der Waals surface area contributed by atoms with Gasteiger partial charge in [-0.15, -0.1) is 0 Å². The highest BCUT2D eigenvalue weighted by molar-refractivity contribution is 7.92. The summed E-state index contributed by atoms with van der Waals surface area (Å²) in [4.78, 5) is 23.0. The first-order chi connectivity index (χ1) is 9.38. The molecule has 2 unspecified atom stereocenters. The van der Waals surface area contributed by atoms with E-state index in [0.717, 1.165) is 0 Å². The van der Waals surface area contributed by atoms with E-state index in [4.69, 9.17) is 9.84 Å². The molecule has 7 nitrogen and oxygen atoms in total. The van der Waals surface area contributed by atoms with Crippen LogP contribution in [0.25, 0.3) is 0 Å². The van der Waals surface area contributed by atoms with E-state index in [1.165, 1.54) is 7.11 Å². The largest absolute Gasteiger partial charge is 0.480 e. The van der Waals surface area contributed by atoms with Crippen molar-refractivity contribution in [3.63, 3.8) is 0 Å². The molecule has 20 heavy (non-hydrogen) atoms. The van der Waals surface area contributed by atoms with Crippen LogP contribution in [0.1, 0.15) is 32.1 Å². The van der Waals surface area contributed by atoms with Crippen LogP contribution < -0.4 is 5.32 Å². The number of hydrogen-bond donors (Lipinski definition) is 2. The minimum Gasteiger partial charge on any atom is -0.480 e. The predicted octanol–water partition coefficient (Wildman–Crippen LogP) is -0.0503. The van der Waals surface area contributed by atoms with Gasteiger partial charge in [0, 0.05) is 13.7 Å². The molecule has 0 spiro atoms. The van der Waals surface area contributed by atoms with E-state index in [9.17, 15) is 18.0 Å². The first kappa shape index (κ1) is 16.9. The number of rotatable bonds is 7. The zero-order valence-corrected chi connectivity index (χ0v) is 12.3. The van der Waals surface area contributed by atoms with Gasteiger partial charge in [0.1, 0.15) is 11.3 Å². The quantitative estimate of drug-likeness (QED) is 0.638. The second kappa shape index (κ2) is 7.58. The maximum atomic E-state index is 12.0. The Hall–Kier alpha value is -1.15. The number of carboxylic acid groups (broad SMARTS) is 1. The number of hydrogen-bond acceptors (Lipinski definition) is 5. The smallest absolute Gasteiger partial charge is 0.326 e. The van der Waals surface area contributed by atoms with Crippen LogP contribution in [0.4, 0.5) is 0 Å². The Morgan fingerprint density at radius 2 is 2.10 bits per heavy atom. The van der Waals surface area contributed by atoms with Gasteiger partial charge in [0.15, 0.2) is 9.84 Å². The average Bonchev–Trinajstić information content (AvgIpc) is 2.36. The number of carboxylic acids is 1. The Bertz CT molecular complexity index is 447. The molecule has 116 valence electrons. The zero-order valence-electron chi connectivity index (χ0n) is 11.5. The van der Waals surface area contributed by atoms with Crippen molar-refractivity contribution < 1.29 is 27.9 Å². The van der Waals surface area contributed by atoms with Gasteiger partial charge in [-0.25, -0.2) is 13.2 Å². The molecule has 0 aromatic rings. The van der Waals surface area contributed by atoms with E-state index < -0.39 is 33.0 Å². The molecule has 8 heteroatoms. The number of nitrogens with one attached hydrogen (secondary N) is 1. The van der Waals surface area contributed by atoms with Crippen molar-refractivity contribution in [2.24, 2.45) is 0 Å². The van der Waals surface area contributed by atoms with Crippen molar-refractivity contribution >= 4 is 21.7 Å². The van der Waals surface area contributed by atoms with E-state index in [1.807, 2.05) is 0 Å². The number of ether oxygens (including phenoxy) is 1. The summed E-state index contributed by atoms with van der Waals surface area (Å²) in [6.45, 7) is 0.390. The second-order valence-electron chi connectivity index (χ2n) is 4.89. The summed E-state index contributed by atoms with van der Waals surface area (Å²) in [5.74, 6) is -1.87. The van der Waals surface area contributed by atoms with Crippen molar-refractivity contribution in [3.05, 3.63) is 0 Å². The van der Waals surface area contributed by atoms with Gasteiger partial charge in [-0.1, -0.05) is 6.42 Å². The first-order valence-corrected chi connectivity index (χ1v) is 8.33. The minimum absolute atomic E-state index is 0.00744. The van der Waals surface area contributed by atoms with Crippen LogP contribution in [-0.4, -0.2) is 56.2 Å². The van der Waals surface area contributed by atoms with Gasteiger partial charge in [0.2, 0.25) is 5.91 Å². The van der Waals surface area contributed by atoms with Gasteiger partial charge in [-0.3, -0.25) is 4.79 Å². The topological polar surface area (TPSA) is 110 Å². The van der Waals surface area contributed by atoms with Crippen LogP contribution in [0.3, 0.4) is 0 Å². The van der Waals surface area contributed by atoms with Crippen molar-refractivity contribution in [3.8, 4) is 0 Å². The molecular formula is C12H21NO6S. The number of methoxy groups -OCH3 is 1. The van der Waals surface area contributed by atoms with Gasteiger partial charge in [-0.2, -0.15) is 0 Å². The Balaban J connectivity index is 2.63. The third-order valence-electron chi connectivity index (χ3n) is 3.33. The Morgan fingerprint density at radius 1 is 1.40 bits per heavy atom. The number of carbonyl (C=O) groups excluding carboxylic acids is 1. The fourth-order valence-electron chi connectivity index (χ4n) is 2.20. The molecule has 1 heterocycles. The fraction of sp³-hybridized carbons (Fsp3) is 0.833. The van der Waals surface area contributed by atoms with Crippen LogP contribution in [0.15, 0.2) is 0 Å². The number of sulfone groups is 1. The lowest BCUT2D eigenvalue weighted by molar-refractivity contribution is -0.142. The summed E-state index contributed by atoms with van der Waals surface area (Å²) in [6.07, 6.45) is 2.17. The molecule has 0 bridgehead atoms. The van der Waals surface area contributed by atoms with E-state index in [2.05, 4.69) is 5.32 Å². The maximum Gasteiger partial charge on any atom is 0.326 e. The maximum absolute atomic E-state index is 12.0. The highest BCUT2D eigenvalue weighted by Gasteiger charge is 2.36. The van der Waals surface area contributed by atoms with Crippen LogP contribution in [0, 0.1) is 0 Å². The van der Waals surface area contributed by atoms with Crippen molar-refractivity contribution in [1.82, 2.24) is 5.32 Å². The average molecular weight is 307 g/mol. The lowest BCUT2D eigenvalue weighted by Gasteiger charge is -2.23. The van der Waals surface area contributed by atoms with Crippen LogP contribution >= 0.6 is 0 Å². The summed E-state index contributed by atoms with van der Waals surface area (Å²) in [5, 5.41) is 10.3. The lowest BCUT2D eigenvalue weighted by Crippen LogP contribution is -2.49. The minimum atomic E-state index is -3.45. The summed E-state index contributed by atoms with van der Waals surface area (Å²) >= 11 is 0. The van der Waals surface area contributed by atoms with E-state index >= 15 is 0 Å². The molecule has 0 saturated carbocycles. The lowest BCUT2D eigenvalue weighted by atomic mass is 10.1. The molecule has 1 amide bonds. The molecule has 1 fully saturated rings. The molecular weight excluding hydrogens is 286 g/mol. The molecule has 2 atom stereocenters. The fourth-order valence-corrected chi connectivity index (χ4v) is 4.01.